The molecule has 2 aromatic rings. The monoisotopic (exact) mass is 413 g/mol. The molecule has 1 fully saturated rings. The first-order valence-electron chi connectivity index (χ1n) is 9.56. The molecule has 0 saturated heterocycles. The number of rotatable bonds is 5. The summed E-state index contributed by atoms with van der Waals surface area (Å²) in [6.07, 6.45) is 2.22. The van der Waals surface area contributed by atoms with E-state index in [4.69, 9.17) is 4.98 Å². The van der Waals surface area contributed by atoms with E-state index in [0.29, 0.717) is 22.3 Å². The Morgan fingerprint density at radius 3 is 2.79 bits per heavy atom. The number of nitro benzene ring substituents is 1. The van der Waals surface area contributed by atoms with Crippen molar-refractivity contribution in [3.05, 3.63) is 45.3 Å². The van der Waals surface area contributed by atoms with Crippen LogP contribution in [0.2, 0.25) is 0 Å². The van der Waals surface area contributed by atoms with Gasteiger partial charge in [-0.25, -0.2) is 4.98 Å². The minimum Gasteiger partial charge on any atom is -0.325 e. The van der Waals surface area contributed by atoms with Gasteiger partial charge in [0, 0.05) is 29.2 Å². The Morgan fingerprint density at radius 1 is 1.34 bits per heavy atom. The van der Waals surface area contributed by atoms with Crippen LogP contribution in [0.25, 0.3) is 0 Å². The summed E-state index contributed by atoms with van der Waals surface area (Å²) in [4.78, 5) is 27.5. The van der Waals surface area contributed by atoms with E-state index >= 15 is 0 Å². The highest BCUT2D eigenvalue weighted by Gasteiger charge is 2.61. The van der Waals surface area contributed by atoms with Crippen molar-refractivity contribution in [2.24, 2.45) is 5.41 Å². The van der Waals surface area contributed by atoms with Crippen molar-refractivity contribution >= 4 is 29.0 Å². The number of hydrogen-bond acceptors (Lipinski definition) is 7. The van der Waals surface area contributed by atoms with Crippen molar-refractivity contribution in [3.63, 3.8) is 0 Å². The van der Waals surface area contributed by atoms with Crippen molar-refractivity contribution < 1.29 is 9.72 Å². The smallest absolute Gasteiger partial charge is 0.269 e. The van der Waals surface area contributed by atoms with Crippen molar-refractivity contribution in [1.29, 1.82) is 0 Å². The van der Waals surface area contributed by atoms with E-state index < -0.39 is 4.92 Å². The molecule has 1 saturated carbocycles. The molecule has 1 N–H and O–H groups in total. The van der Waals surface area contributed by atoms with Crippen molar-refractivity contribution in [3.8, 4) is 0 Å². The summed E-state index contributed by atoms with van der Waals surface area (Å²) in [5, 5.41) is 22.8. The van der Waals surface area contributed by atoms with Gasteiger partial charge in [-0.05, 0) is 36.8 Å². The average molecular weight is 414 g/mol. The van der Waals surface area contributed by atoms with Crippen molar-refractivity contribution in [1.82, 2.24) is 15.2 Å². The SMILES string of the molecule is Cc1cc([N+](=O)[O-])ccc1NC(=O)CSc1nnc2c(n1)[C@]1(C)CC[C@@H]2C1(C)C. The number of benzene rings is 1. The van der Waals surface area contributed by atoms with Gasteiger partial charge in [-0.2, -0.15) is 5.10 Å². The zero-order chi connectivity index (χ0) is 21.0. The molecular formula is C20H23N5O3S. The maximum atomic E-state index is 12.3. The van der Waals surface area contributed by atoms with Gasteiger partial charge in [-0.15, -0.1) is 5.10 Å². The van der Waals surface area contributed by atoms with Gasteiger partial charge < -0.3 is 5.32 Å². The first-order chi connectivity index (χ1) is 13.6. The van der Waals surface area contributed by atoms with Gasteiger partial charge in [0.1, 0.15) is 0 Å². The Labute approximate surface area is 173 Å². The Hall–Kier alpha value is -2.55. The van der Waals surface area contributed by atoms with Crippen LogP contribution in [0.1, 0.15) is 56.5 Å². The Morgan fingerprint density at radius 2 is 2.10 bits per heavy atom. The van der Waals surface area contributed by atoms with E-state index in [9.17, 15) is 14.9 Å². The maximum Gasteiger partial charge on any atom is 0.269 e. The molecule has 2 aliphatic carbocycles. The minimum absolute atomic E-state index is 0.00166. The Bertz CT molecular complexity index is 1030. The van der Waals surface area contributed by atoms with E-state index in [1.807, 2.05) is 0 Å². The van der Waals surface area contributed by atoms with Gasteiger partial charge in [0.25, 0.3) is 5.69 Å². The second kappa shape index (κ2) is 6.76. The van der Waals surface area contributed by atoms with Gasteiger partial charge >= 0.3 is 0 Å². The lowest BCUT2D eigenvalue weighted by atomic mass is 9.70. The van der Waals surface area contributed by atoms with Crippen LogP contribution in [0, 0.1) is 22.5 Å². The molecule has 9 heteroatoms. The fraction of sp³-hybridized carbons (Fsp3) is 0.500. The molecule has 1 aromatic carbocycles. The molecule has 2 atom stereocenters. The Kier molecular flexibility index (Phi) is 4.60. The molecule has 1 amide bonds. The lowest BCUT2D eigenvalue weighted by Crippen LogP contribution is -2.32. The first kappa shape index (κ1) is 19.8. The summed E-state index contributed by atoms with van der Waals surface area (Å²) >= 11 is 1.25. The van der Waals surface area contributed by atoms with Gasteiger partial charge in [0.2, 0.25) is 11.1 Å². The number of non-ortho nitro benzene ring substituents is 1. The molecule has 4 rings (SSSR count). The van der Waals surface area contributed by atoms with Crippen molar-refractivity contribution in [2.45, 2.75) is 57.0 Å². The largest absolute Gasteiger partial charge is 0.325 e. The van der Waals surface area contributed by atoms with E-state index in [-0.39, 0.29) is 28.2 Å². The number of aromatic nitrogens is 3. The molecule has 152 valence electrons. The first-order valence-corrected chi connectivity index (χ1v) is 10.5. The van der Waals surface area contributed by atoms with Crippen LogP contribution in [-0.4, -0.2) is 31.8 Å². The lowest BCUT2D eigenvalue weighted by molar-refractivity contribution is -0.384. The number of nitrogens with zero attached hydrogens (tertiary/aromatic N) is 4. The van der Waals surface area contributed by atoms with E-state index in [1.54, 1.807) is 13.0 Å². The molecule has 2 aliphatic rings. The summed E-state index contributed by atoms with van der Waals surface area (Å²) < 4.78 is 0. The second-order valence-corrected chi connectivity index (χ2v) is 9.51. The summed E-state index contributed by atoms with van der Waals surface area (Å²) in [6, 6.07) is 4.36. The zero-order valence-electron chi connectivity index (χ0n) is 16.9. The number of carbonyl (C=O) groups excluding carboxylic acids is 1. The topological polar surface area (TPSA) is 111 Å². The molecule has 0 unspecified atom stereocenters. The number of aryl methyl sites for hydroxylation is 1. The summed E-state index contributed by atoms with van der Waals surface area (Å²) in [6.45, 7) is 8.54. The van der Waals surface area contributed by atoms with Crippen LogP contribution in [-0.2, 0) is 10.2 Å². The summed E-state index contributed by atoms with van der Waals surface area (Å²) in [5.41, 5.74) is 3.35. The van der Waals surface area contributed by atoms with Crippen LogP contribution >= 0.6 is 11.8 Å². The highest BCUT2D eigenvalue weighted by atomic mass is 32.2. The zero-order valence-corrected chi connectivity index (χ0v) is 17.7. The standard InChI is InChI=1S/C20H23N5O3S/c1-11-9-12(25(27)28)5-6-14(11)21-15(26)10-29-18-22-17-16(23-24-18)13-7-8-20(17,4)19(13,2)3/h5-6,9,13H,7-8,10H2,1-4H3,(H,21,26)/t13-,20-/m0/s1. The molecule has 0 spiro atoms. The third kappa shape index (κ3) is 3.08. The van der Waals surface area contributed by atoms with Crippen LogP contribution in [0.5, 0.6) is 0 Å². The molecule has 8 nitrogen and oxygen atoms in total. The number of hydrogen-bond donors (Lipinski definition) is 1. The average Bonchev–Trinajstić information content (AvgIpc) is 3.00. The predicted molar refractivity (Wildman–Crippen MR) is 110 cm³/mol. The van der Waals surface area contributed by atoms with Gasteiger partial charge in [0.15, 0.2) is 0 Å². The number of amides is 1. The third-order valence-corrected chi connectivity index (χ3v) is 7.64. The third-order valence-electron chi connectivity index (χ3n) is 6.80. The molecular weight excluding hydrogens is 390 g/mol. The second-order valence-electron chi connectivity index (χ2n) is 8.57. The summed E-state index contributed by atoms with van der Waals surface area (Å²) in [7, 11) is 0. The highest BCUT2D eigenvalue weighted by Crippen LogP contribution is 2.66. The number of nitro groups is 1. The fourth-order valence-electron chi connectivity index (χ4n) is 4.64. The quantitative estimate of drug-likeness (QED) is 0.448. The molecule has 0 radical (unpaired) electrons. The number of carbonyl (C=O) groups is 1. The number of anilines is 1. The molecule has 29 heavy (non-hydrogen) atoms. The van der Waals surface area contributed by atoms with E-state index in [1.165, 1.54) is 23.9 Å². The Balaban J connectivity index is 1.43. The van der Waals surface area contributed by atoms with E-state index in [0.717, 1.165) is 24.2 Å². The lowest BCUT2D eigenvalue weighted by Gasteiger charge is -2.33. The molecule has 2 bridgehead atoms. The molecule has 0 aliphatic heterocycles. The maximum absolute atomic E-state index is 12.3. The highest BCUT2D eigenvalue weighted by molar-refractivity contribution is 7.99. The van der Waals surface area contributed by atoms with Crippen LogP contribution in [0.15, 0.2) is 23.4 Å². The van der Waals surface area contributed by atoms with Gasteiger partial charge in [-0.1, -0.05) is 32.5 Å². The minimum atomic E-state index is -0.457. The normalized spacial score (nSPS) is 23.7. The molecule has 1 heterocycles. The summed E-state index contributed by atoms with van der Waals surface area (Å²) in [5.74, 6) is 0.319. The molecule has 1 aromatic heterocycles. The van der Waals surface area contributed by atoms with Crippen molar-refractivity contribution in [2.75, 3.05) is 11.1 Å². The number of nitrogens with one attached hydrogen (secondary N) is 1. The van der Waals surface area contributed by atoms with Crippen LogP contribution in [0.4, 0.5) is 11.4 Å². The predicted octanol–water partition coefficient (Wildman–Crippen LogP) is 3.99. The number of thioether (sulfide) groups is 1. The van der Waals surface area contributed by atoms with E-state index in [2.05, 4.69) is 36.3 Å². The van der Waals surface area contributed by atoms with Crippen LogP contribution < -0.4 is 5.32 Å². The fourth-order valence-corrected chi connectivity index (χ4v) is 5.23. The van der Waals surface area contributed by atoms with Gasteiger partial charge in [-0.3, -0.25) is 14.9 Å². The number of fused-ring (bicyclic) bond motifs is 5. The van der Waals surface area contributed by atoms with Gasteiger partial charge in [0.05, 0.1) is 22.1 Å². The van der Waals surface area contributed by atoms with Crippen LogP contribution in [0.3, 0.4) is 0 Å².